The van der Waals surface area contributed by atoms with E-state index >= 15 is 0 Å². The molecule has 1 aromatic rings. The largest absolute Gasteiger partial charge is 0.297 e. The summed E-state index contributed by atoms with van der Waals surface area (Å²) in [5.74, 6) is -0.322. The molecule has 0 fully saturated rings. The second kappa shape index (κ2) is 4.46. The average molecular weight is 281 g/mol. The Bertz CT molecular complexity index is 686. The molecule has 0 aromatic carbocycles. The van der Waals surface area contributed by atoms with Crippen molar-refractivity contribution in [2.24, 2.45) is 0 Å². The molecule has 0 spiro atoms. The lowest BCUT2D eigenvalue weighted by molar-refractivity contribution is -0.115. The van der Waals surface area contributed by atoms with Crippen LogP contribution in [-0.2, 0) is 4.79 Å². The molecule has 1 radical (unpaired) electrons. The number of rotatable bonds is 1. The Morgan fingerprint density at radius 2 is 1.94 bits per heavy atom. The van der Waals surface area contributed by atoms with Crippen LogP contribution in [0, 0.1) is 11.7 Å². The topological polar surface area (TPSA) is 72.2 Å². The Balaban J connectivity index is 2.62. The maximum Gasteiger partial charge on any atom is 0.276 e. The monoisotopic (exact) mass is 281 g/mol. The first kappa shape index (κ1) is 12.7. The van der Waals surface area contributed by atoms with Crippen LogP contribution in [0.5, 0.6) is 0 Å². The van der Waals surface area contributed by atoms with E-state index in [9.17, 15) is 9.59 Å². The molecule has 1 aromatic heterocycles. The number of H-pyrrole nitrogens is 1. The smallest absolute Gasteiger partial charge is 0.276 e. The minimum absolute atomic E-state index is 0.0770. The second-order valence-corrected chi connectivity index (χ2v) is 4.51. The Kier molecular flexibility index (Phi) is 3.14. The summed E-state index contributed by atoms with van der Waals surface area (Å²) in [6.45, 7) is 3.24. The predicted octanol–water partition coefficient (Wildman–Crippen LogP) is 0.486. The van der Waals surface area contributed by atoms with Gasteiger partial charge in [-0.3, -0.25) is 14.6 Å². The molecule has 1 aliphatic rings. The van der Waals surface area contributed by atoms with E-state index in [4.69, 9.17) is 24.4 Å². The van der Waals surface area contributed by atoms with Gasteiger partial charge in [-0.05, 0) is 38.3 Å². The lowest BCUT2D eigenvalue weighted by Crippen LogP contribution is -2.51. The lowest BCUT2D eigenvalue weighted by atomic mass is 10.3. The molecule has 1 aliphatic heterocycles. The molecule has 1 amide bonds. The van der Waals surface area contributed by atoms with Crippen molar-refractivity contribution in [1.29, 1.82) is 0 Å². The maximum absolute atomic E-state index is 12.0. The number of aryl methyl sites for hydroxylation is 1. The molecular formula is C10H9N4O2S2. The van der Waals surface area contributed by atoms with Gasteiger partial charge in [0, 0.05) is 23.5 Å². The minimum atomic E-state index is -0.322. The van der Waals surface area contributed by atoms with Crippen molar-refractivity contribution in [2.75, 3.05) is 5.01 Å². The summed E-state index contributed by atoms with van der Waals surface area (Å²) in [5.41, 5.74) is 0.566. The van der Waals surface area contributed by atoms with Gasteiger partial charge in [0.2, 0.25) is 5.11 Å². The van der Waals surface area contributed by atoms with Gasteiger partial charge in [0.25, 0.3) is 11.5 Å². The zero-order chi connectivity index (χ0) is 13.4. The average Bonchev–Trinajstić information content (AvgIpc) is 2.31. The number of aromatic nitrogens is 2. The Morgan fingerprint density at radius 3 is 2.61 bits per heavy atom. The summed E-state index contributed by atoms with van der Waals surface area (Å²) in [6.07, 6.45) is 2.86. The van der Waals surface area contributed by atoms with E-state index in [-0.39, 0.29) is 21.3 Å². The van der Waals surface area contributed by atoms with Crippen LogP contribution in [0.1, 0.15) is 12.5 Å². The van der Waals surface area contributed by atoms with Crippen molar-refractivity contribution in [3.05, 3.63) is 38.7 Å². The molecule has 18 heavy (non-hydrogen) atoms. The molecule has 8 heteroatoms. The van der Waals surface area contributed by atoms with Crippen LogP contribution in [0.4, 0.5) is 0 Å². The molecule has 2 heterocycles. The van der Waals surface area contributed by atoms with Gasteiger partial charge in [-0.25, -0.2) is 9.99 Å². The molecule has 6 nitrogen and oxygen atoms in total. The fourth-order valence-electron chi connectivity index (χ4n) is 1.41. The number of carbonyl (C=O) groups is 1. The maximum atomic E-state index is 12.0. The summed E-state index contributed by atoms with van der Waals surface area (Å²) in [4.78, 5) is 25.9. The summed E-state index contributed by atoms with van der Waals surface area (Å²) in [7, 11) is 0. The van der Waals surface area contributed by atoms with Crippen molar-refractivity contribution < 1.29 is 4.79 Å². The Labute approximate surface area is 113 Å². The fourth-order valence-corrected chi connectivity index (χ4v) is 1.86. The molecule has 0 saturated heterocycles. The van der Waals surface area contributed by atoms with Crippen molar-refractivity contribution in [2.45, 2.75) is 13.8 Å². The highest BCUT2D eigenvalue weighted by Crippen LogP contribution is 2.08. The number of nitrogens with zero attached hydrogens (tertiary/aromatic N) is 3. The molecule has 0 unspecified atom stereocenters. The van der Waals surface area contributed by atoms with E-state index in [0.29, 0.717) is 11.1 Å². The van der Waals surface area contributed by atoms with E-state index in [1.54, 1.807) is 13.8 Å². The van der Waals surface area contributed by atoms with Gasteiger partial charge in [-0.15, -0.1) is 0 Å². The molecule has 0 atom stereocenters. The van der Waals surface area contributed by atoms with Crippen LogP contribution in [0.2, 0.25) is 0 Å². The summed E-state index contributed by atoms with van der Waals surface area (Å²) in [5, 5.41) is 5.15. The van der Waals surface area contributed by atoms with Crippen LogP contribution >= 0.6 is 24.4 Å². The van der Waals surface area contributed by atoms with Crippen LogP contribution in [0.3, 0.4) is 0 Å². The van der Waals surface area contributed by atoms with Gasteiger partial charge >= 0.3 is 0 Å². The van der Waals surface area contributed by atoms with Gasteiger partial charge < -0.3 is 0 Å². The van der Waals surface area contributed by atoms with Crippen LogP contribution in [0.15, 0.2) is 22.8 Å². The fraction of sp³-hybridized carbons (Fsp3) is 0.200. The molecule has 93 valence electrons. The zero-order valence-corrected chi connectivity index (χ0v) is 11.3. The molecule has 1 N–H and O–H groups in total. The third-order valence-corrected chi connectivity index (χ3v) is 2.97. The number of hydrogen-bond acceptors (Lipinski definition) is 4. The SMILES string of the molecule is CC1=C[N]C(=S)N(n2cc(C)c(=O)[nH]c2=S)C1=O. The van der Waals surface area contributed by atoms with Gasteiger partial charge in [-0.1, -0.05) is 0 Å². The third-order valence-electron chi connectivity index (χ3n) is 2.40. The number of hydrogen-bond donors (Lipinski definition) is 1. The van der Waals surface area contributed by atoms with Crippen LogP contribution in [-0.4, -0.2) is 20.7 Å². The van der Waals surface area contributed by atoms with Crippen molar-refractivity contribution in [3.63, 3.8) is 0 Å². The normalized spacial score (nSPS) is 15.4. The number of thiocarbonyl (C=S) groups is 1. The third kappa shape index (κ3) is 2.00. The van der Waals surface area contributed by atoms with E-state index in [1.807, 2.05) is 0 Å². The Hall–Kier alpha value is -1.80. The standard InChI is InChI=1S/C10H9N4O2S2/c1-5-3-11-9(17)14(8(5)16)13-4-6(2)7(15)12-10(13)18/h3-4H,1-2H3,(H,12,15,18). The van der Waals surface area contributed by atoms with E-state index in [0.717, 1.165) is 5.01 Å². The number of carbonyl (C=O) groups excluding carboxylic acids is 1. The number of amides is 1. The van der Waals surface area contributed by atoms with Gasteiger partial charge in [0.15, 0.2) is 4.77 Å². The predicted molar refractivity (Wildman–Crippen MR) is 72.3 cm³/mol. The summed E-state index contributed by atoms with van der Waals surface area (Å²) in [6, 6.07) is 0. The second-order valence-electron chi connectivity index (χ2n) is 3.76. The molecule has 2 rings (SSSR count). The summed E-state index contributed by atoms with van der Waals surface area (Å²) >= 11 is 10.0. The number of nitrogens with one attached hydrogen (secondary N) is 1. The van der Waals surface area contributed by atoms with Gasteiger partial charge in [0.05, 0.1) is 0 Å². The number of aromatic amines is 1. The van der Waals surface area contributed by atoms with E-state index < -0.39 is 0 Å². The van der Waals surface area contributed by atoms with E-state index in [1.165, 1.54) is 17.1 Å². The van der Waals surface area contributed by atoms with Gasteiger partial charge in [-0.2, -0.15) is 5.01 Å². The molecule has 0 aliphatic carbocycles. The van der Waals surface area contributed by atoms with Crippen molar-refractivity contribution in [1.82, 2.24) is 15.0 Å². The minimum Gasteiger partial charge on any atom is -0.297 e. The lowest BCUT2D eigenvalue weighted by Gasteiger charge is -2.27. The van der Waals surface area contributed by atoms with E-state index in [2.05, 4.69) is 10.3 Å². The first-order valence-corrected chi connectivity index (χ1v) is 5.82. The summed E-state index contributed by atoms with van der Waals surface area (Å²) < 4.78 is 1.41. The highest BCUT2D eigenvalue weighted by molar-refractivity contribution is 7.80. The molecule has 0 saturated carbocycles. The van der Waals surface area contributed by atoms with Crippen molar-refractivity contribution >= 4 is 35.5 Å². The zero-order valence-electron chi connectivity index (χ0n) is 9.63. The van der Waals surface area contributed by atoms with Crippen molar-refractivity contribution in [3.8, 4) is 0 Å². The van der Waals surface area contributed by atoms with Crippen LogP contribution in [0.25, 0.3) is 0 Å². The highest BCUT2D eigenvalue weighted by Gasteiger charge is 2.26. The molecule has 0 bridgehead atoms. The quantitative estimate of drug-likeness (QED) is 0.760. The van der Waals surface area contributed by atoms with Gasteiger partial charge in [0.1, 0.15) is 0 Å². The first-order chi connectivity index (χ1) is 8.41. The molecular weight excluding hydrogens is 272 g/mol. The Morgan fingerprint density at radius 1 is 1.28 bits per heavy atom. The van der Waals surface area contributed by atoms with Crippen LogP contribution < -0.4 is 15.9 Å². The first-order valence-electron chi connectivity index (χ1n) is 5.00. The highest BCUT2D eigenvalue weighted by atomic mass is 32.1.